The third-order valence-corrected chi connectivity index (χ3v) is 2.80. The van der Waals surface area contributed by atoms with Crippen LogP contribution in [0.2, 0.25) is 0 Å². The summed E-state index contributed by atoms with van der Waals surface area (Å²) in [5.74, 6) is -0.113. The van der Waals surface area contributed by atoms with Crippen LogP contribution in [-0.2, 0) is 14.2 Å². The molecule has 5 heteroatoms. The molecule has 1 fully saturated rings. The molecule has 1 aliphatic rings. The van der Waals surface area contributed by atoms with Gasteiger partial charge in [-0.05, 0) is 0 Å². The molecule has 0 amide bonds. The summed E-state index contributed by atoms with van der Waals surface area (Å²) < 4.78 is 15.4. The number of aliphatic imine (C=N–C) groups is 1. The Bertz CT molecular complexity index is 267. The Morgan fingerprint density at radius 3 is 2.87 bits per heavy atom. The molecule has 0 aromatic rings. The number of rotatable bonds is 5. The van der Waals surface area contributed by atoms with E-state index in [0.29, 0.717) is 7.15 Å². The molecule has 0 aliphatic carbocycles. The zero-order valence-corrected chi connectivity index (χ0v) is 9.18. The first-order valence-electron chi connectivity index (χ1n) is 5.40. The van der Waals surface area contributed by atoms with Crippen LogP contribution in [0.4, 0.5) is 0 Å². The summed E-state index contributed by atoms with van der Waals surface area (Å²) in [5.41, 5.74) is 0. The molecule has 1 aliphatic heterocycles. The Morgan fingerprint density at radius 2 is 2.40 bits per heavy atom. The Balaban J connectivity index is 2.60. The topological polar surface area (TPSA) is 55.7 Å². The van der Waals surface area contributed by atoms with Gasteiger partial charge in [0.2, 0.25) is 0 Å². The summed E-state index contributed by atoms with van der Waals surface area (Å²) in [7, 11) is 0.650. The van der Waals surface area contributed by atoms with Gasteiger partial charge in [-0.25, -0.2) is 0 Å². The van der Waals surface area contributed by atoms with Crippen molar-refractivity contribution in [3.63, 3.8) is 0 Å². The van der Waals surface area contributed by atoms with E-state index in [1.54, 1.807) is 0 Å². The first-order chi connectivity index (χ1) is 7.22. The molecule has 82 valence electrons. The predicted molar refractivity (Wildman–Crippen MR) is 57.3 cm³/mol. The van der Waals surface area contributed by atoms with Crippen molar-refractivity contribution in [3.8, 4) is 0 Å². The molecular weight excluding hydrogens is 193 g/mol. The number of carbonyl (C=O) groups is 1. The van der Waals surface area contributed by atoms with Crippen LogP contribution in [0.5, 0.6) is 0 Å². The Morgan fingerprint density at radius 1 is 1.67 bits per heavy atom. The maximum absolute atomic E-state index is 11.4. The van der Waals surface area contributed by atoms with Gasteiger partial charge in [0.05, 0.1) is 0 Å². The molecule has 0 bridgehead atoms. The van der Waals surface area contributed by atoms with Gasteiger partial charge in [0.1, 0.15) is 0 Å². The number of carbonyl (C=O) groups excluding carboxylic acids is 1. The number of hydrogen-bond acceptors (Lipinski definition) is 4. The van der Waals surface area contributed by atoms with Crippen LogP contribution in [0.3, 0.4) is 0 Å². The molecule has 1 rings (SSSR count). The summed E-state index contributed by atoms with van der Waals surface area (Å²) in [6.07, 6.45) is 3.40. The third-order valence-electron chi connectivity index (χ3n) is 2.80. The van der Waals surface area contributed by atoms with Crippen molar-refractivity contribution in [1.82, 2.24) is 0 Å². The number of nitrogens with zero attached hydrogens (tertiary/aromatic N) is 1. The van der Waals surface area contributed by atoms with Crippen LogP contribution in [-0.4, -0.2) is 31.4 Å². The predicted octanol–water partition coefficient (Wildman–Crippen LogP) is 1.18. The molecule has 4 nitrogen and oxygen atoms in total. The Kier molecular flexibility index (Phi) is 4.65. The SMILES string of the molecule is CCC1C[C@@H](C(CC)/N=C/B=O)OC1=O. The molecule has 15 heavy (non-hydrogen) atoms. The standard InChI is InChI=1S/C10H16BNO3/c1-3-7-5-9(15-10(7)13)8(4-2)12-6-11-14/h6-9H,3-5H2,1-2H3/b12-6+/t7?,8?,9-/m0/s1. The number of ether oxygens (including phenoxy) is 1. The van der Waals surface area contributed by atoms with Crippen molar-refractivity contribution in [3.05, 3.63) is 0 Å². The van der Waals surface area contributed by atoms with Crippen LogP contribution in [0.25, 0.3) is 0 Å². The molecule has 0 radical (unpaired) electrons. The van der Waals surface area contributed by atoms with Crippen LogP contribution < -0.4 is 0 Å². The zero-order chi connectivity index (χ0) is 11.3. The van der Waals surface area contributed by atoms with E-state index in [4.69, 9.17) is 4.74 Å². The van der Waals surface area contributed by atoms with Crippen molar-refractivity contribution in [2.45, 2.75) is 45.3 Å². The van der Waals surface area contributed by atoms with Crippen LogP contribution in [0, 0.1) is 5.92 Å². The zero-order valence-electron chi connectivity index (χ0n) is 9.18. The van der Waals surface area contributed by atoms with Crippen molar-refractivity contribution in [2.75, 3.05) is 0 Å². The van der Waals surface area contributed by atoms with Gasteiger partial charge in [-0.1, -0.05) is 0 Å². The van der Waals surface area contributed by atoms with E-state index >= 15 is 0 Å². The van der Waals surface area contributed by atoms with E-state index in [0.717, 1.165) is 19.3 Å². The molecule has 2 unspecified atom stereocenters. The van der Waals surface area contributed by atoms with Crippen molar-refractivity contribution in [2.24, 2.45) is 10.9 Å². The van der Waals surface area contributed by atoms with E-state index in [1.807, 2.05) is 13.8 Å². The average molecular weight is 209 g/mol. The van der Waals surface area contributed by atoms with Crippen LogP contribution in [0.1, 0.15) is 33.1 Å². The second-order valence-electron chi connectivity index (χ2n) is 3.73. The molecular formula is C10H16BNO3. The van der Waals surface area contributed by atoms with Gasteiger partial charge in [-0.15, -0.1) is 0 Å². The van der Waals surface area contributed by atoms with Crippen LogP contribution in [0.15, 0.2) is 4.99 Å². The second kappa shape index (κ2) is 5.78. The van der Waals surface area contributed by atoms with Gasteiger partial charge in [0.25, 0.3) is 0 Å². The Hall–Kier alpha value is -0.995. The third kappa shape index (κ3) is 2.98. The molecule has 0 saturated carbocycles. The van der Waals surface area contributed by atoms with Crippen molar-refractivity contribution >= 4 is 19.2 Å². The summed E-state index contributed by atoms with van der Waals surface area (Å²) in [5, 5.41) is 0. The molecule has 1 saturated heterocycles. The van der Waals surface area contributed by atoms with Gasteiger partial charge in [-0.2, -0.15) is 0 Å². The fraction of sp³-hybridized carbons (Fsp3) is 0.800. The number of esters is 1. The second-order valence-corrected chi connectivity index (χ2v) is 3.73. The van der Waals surface area contributed by atoms with Gasteiger partial charge >= 0.3 is 89.6 Å². The number of hydrogen-bond donors (Lipinski definition) is 0. The maximum atomic E-state index is 11.4. The molecule has 0 aromatic carbocycles. The van der Waals surface area contributed by atoms with Gasteiger partial charge < -0.3 is 0 Å². The molecule has 1 heterocycles. The number of cyclic esters (lactones) is 1. The van der Waals surface area contributed by atoms with E-state index in [2.05, 4.69) is 4.99 Å². The van der Waals surface area contributed by atoms with Gasteiger partial charge in [-0.3, -0.25) is 0 Å². The fourth-order valence-corrected chi connectivity index (χ4v) is 1.85. The van der Waals surface area contributed by atoms with E-state index in [1.165, 1.54) is 6.11 Å². The average Bonchev–Trinajstić information content (AvgIpc) is 2.61. The Labute approximate surface area is 90.4 Å². The quantitative estimate of drug-likeness (QED) is 0.388. The van der Waals surface area contributed by atoms with Gasteiger partial charge in [0, 0.05) is 0 Å². The van der Waals surface area contributed by atoms with E-state index in [9.17, 15) is 9.50 Å². The first kappa shape index (κ1) is 12.1. The molecule has 0 spiro atoms. The monoisotopic (exact) mass is 209 g/mol. The summed E-state index contributed by atoms with van der Waals surface area (Å²) in [6.45, 7) is 3.95. The molecule has 0 aromatic heterocycles. The first-order valence-corrected chi connectivity index (χ1v) is 5.40. The van der Waals surface area contributed by atoms with Gasteiger partial charge in [0.15, 0.2) is 0 Å². The minimum atomic E-state index is -0.149. The molecule has 0 N–H and O–H groups in total. The van der Waals surface area contributed by atoms with E-state index in [-0.39, 0.29) is 24.0 Å². The summed E-state index contributed by atoms with van der Waals surface area (Å²) in [4.78, 5) is 15.4. The summed E-state index contributed by atoms with van der Waals surface area (Å²) in [6, 6.07) is -0.0734. The van der Waals surface area contributed by atoms with Crippen molar-refractivity contribution < 1.29 is 14.2 Å². The molecule has 3 atom stereocenters. The normalized spacial score (nSPS) is 27.7. The minimum absolute atomic E-state index is 0.00970. The van der Waals surface area contributed by atoms with Crippen molar-refractivity contribution in [1.29, 1.82) is 0 Å². The van der Waals surface area contributed by atoms with E-state index < -0.39 is 0 Å². The summed E-state index contributed by atoms with van der Waals surface area (Å²) >= 11 is 0. The fourth-order valence-electron chi connectivity index (χ4n) is 1.85. The van der Waals surface area contributed by atoms with Crippen LogP contribution >= 0.6 is 0 Å².